The van der Waals surface area contributed by atoms with Gasteiger partial charge >= 0.3 is 12.0 Å². The van der Waals surface area contributed by atoms with E-state index >= 15 is 0 Å². The molecule has 0 amide bonds. The average Bonchev–Trinajstić information content (AvgIpc) is 3.42. The second kappa shape index (κ2) is 10.2. The summed E-state index contributed by atoms with van der Waals surface area (Å²) in [6.07, 6.45) is 7.15. The van der Waals surface area contributed by atoms with Crippen LogP contribution in [0.3, 0.4) is 0 Å². The van der Waals surface area contributed by atoms with E-state index in [1.165, 1.54) is 12.3 Å². The number of pyridine rings is 1. The molecule has 0 unspecified atom stereocenters. The molecule has 3 fully saturated rings. The maximum Gasteiger partial charge on any atom is 0.337 e. The normalized spacial score (nSPS) is 22.1. The molecule has 7 rings (SSSR count). The quantitative estimate of drug-likeness (QED) is 0.250. The van der Waals surface area contributed by atoms with E-state index in [0.29, 0.717) is 45.5 Å². The first-order valence-electron chi connectivity index (χ1n) is 13.3. The fourth-order valence-corrected chi connectivity index (χ4v) is 6.47. The molecule has 1 aliphatic carbocycles. The number of hydrogen-bond donors (Lipinski definition) is 1. The van der Waals surface area contributed by atoms with Crippen LogP contribution in [0.5, 0.6) is 0 Å². The van der Waals surface area contributed by atoms with Crippen LogP contribution >= 0.6 is 23.2 Å². The Morgan fingerprint density at radius 1 is 1.05 bits per heavy atom. The van der Waals surface area contributed by atoms with Crippen molar-refractivity contribution in [2.75, 3.05) is 4.90 Å². The summed E-state index contributed by atoms with van der Waals surface area (Å²) in [4.78, 5) is 17.5. The second-order valence-corrected chi connectivity index (χ2v) is 11.4. The molecule has 0 spiro atoms. The zero-order valence-electron chi connectivity index (χ0n) is 21.3. The molecule has 2 saturated heterocycles. The van der Waals surface area contributed by atoms with Crippen molar-refractivity contribution in [2.24, 2.45) is 0 Å². The minimum atomic E-state index is -1.04. The Labute approximate surface area is 239 Å². The summed E-state index contributed by atoms with van der Waals surface area (Å²) in [7, 11) is 0. The molecule has 3 aliphatic rings. The van der Waals surface area contributed by atoms with E-state index in [0.717, 1.165) is 49.8 Å². The number of anilines is 1. The molecule has 5 heterocycles. The van der Waals surface area contributed by atoms with Gasteiger partial charge in [0.05, 0.1) is 28.3 Å². The molecule has 2 aliphatic heterocycles. The van der Waals surface area contributed by atoms with Crippen LogP contribution in [0.1, 0.15) is 66.1 Å². The number of carboxylic acid groups (broad SMARTS) is 1. The first-order chi connectivity index (χ1) is 19.5. The van der Waals surface area contributed by atoms with E-state index in [1.807, 2.05) is 6.07 Å². The van der Waals surface area contributed by atoms with E-state index in [2.05, 4.69) is 25.2 Å². The molecular formula is C28H25Cl2N5O5. The fraction of sp³-hybridized carbons (Fsp3) is 0.393. The van der Waals surface area contributed by atoms with Crippen LogP contribution in [0.25, 0.3) is 22.8 Å². The number of aromatic nitrogens is 4. The van der Waals surface area contributed by atoms with Gasteiger partial charge in [0.2, 0.25) is 0 Å². The lowest BCUT2D eigenvalue weighted by Crippen LogP contribution is -2.45. The number of fused-ring (bicyclic) bond motifs is 2. The van der Waals surface area contributed by atoms with Crippen LogP contribution < -0.4 is 4.90 Å². The summed E-state index contributed by atoms with van der Waals surface area (Å²) in [6, 6.07) is 9.33. The minimum absolute atomic E-state index is 0.0536. The lowest BCUT2D eigenvalue weighted by Gasteiger charge is -2.37. The van der Waals surface area contributed by atoms with E-state index in [4.69, 9.17) is 42.0 Å². The van der Waals surface area contributed by atoms with Gasteiger partial charge < -0.3 is 23.7 Å². The fourth-order valence-electron chi connectivity index (χ4n) is 5.90. The van der Waals surface area contributed by atoms with E-state index in [1.54, 1.807) is 18.2 Å². The molecular weight excluding hydrogens is 557 g/mol. The SMILES string of the molecule is O=C(O)c1ccc(-c2nnc(N3[C@@H]4CC[C@H]3C[C@@H](OCc3c(-c5c(Cl)cccc5Cl)noc3C3CC3)C4)o2)nc1. The van der Waals surface area contributed by atoms with Crippen molar-refractivity contribution in [3.05, 3.63) is 63.5 Å². The number of rotatable bonds is 8. The van der Waals surface area contributed by atoms with Crippen LogP contribution in [-0.2, 0) is 11.3 Å². The lowest BCUT2D eigenvalue weighted by molar-refractivity contribution is 0.0139. The van der Waals surface area contributed by atoms with E-state index in [9.17, 15) is 4.79 Å². The molecule has 3 atom stereocenters. The molecule has 1 saturated carbocycles. The van der Waals surface area contributed by atoms with Gasteiger partial charge in [-0.1, -0.05) is 39.5 Å². The number of nitrogens with zero attached hydrogens (tertiary/aromatic N) is 5. The molecule has 12 heteroatoms. The molecule has 40 heavy (non-hydrogen) atoms. The summed E-state index contributed by atoms with van der Waals surface area (Å²) in [5.41, 5.74) is 2.79. The molecule has 1 N–H and O–H groups in total. The zero-order chi connectivity index (χ0) is 27.4. The van der Waals surface area contributed by atoms with Crippen molar-refractivity contribution in [1.29, 1.82) is 0 Å². The van der Waals surface area contributed by atoms with Crippen LogP contribution in [-0.4, -0.2) is 49.6 Å². The number of hydrogen-bond acceptors (Lipinski definition) is 9. The van der Waals surface area contributed by atoms with Crippen molar-refractivity contribution in [3.8, 4) is 22.8 Å². The predicted octanol–water partition coefficient (Wildman–Crippen LogP) is 6.39. The van der Waals surface area contributed by atoms with E-state index in [-0.39, 0.29) is 29.6 Å². The number of carboxylic acids is 1. The third-order valence-electron chi connectivity index (χ3n) is 7.98. The number of aromatic carboxylic acids is 1. The summed E-state index contributed by atoms with van der Waals surface area (Å²) in [5, 5.41) is 23.0. The van der Waals surface area contributed by atoms with Crippen molar-refractivity contribution >= 4 is 35.2 Å². The summed E-state index contributed by atoms with van der Waals surface area (Å²) in [5.74, 6) is 0.453. The van der Waals surface area contributed by atoms with Gasteiger partial charge in [-0.3, -0.25) is 4.98 Å². The molecule has 2 bridgehead atoms. The minimum Gasteiger partial charge on any atom is -0.478 e. The smallest absolute Gasteiger partial charge is 0.337 e. The monoisotopic (exact) mass is 581 g/mol. The Morgan fingerprint density at radius 2 is 1.80 bits per heavy atom. The third-order valence-corrected chi connectivity index (χ3v) is 8.61. The zero-order valence-corrected chi connectivity index (χ0v) is 22.8. The first-order valence-corrected chi connectivity index (χ1v) is 14.1. The molecule has 10 nitrogen and oxygen atoms in total. The largest absolute Gasteiger partial charge is 0.478 e. The van der Waals surface area contributed by atoms with Gasteiger partial charge in [0.15, 0.2) is 0 Å². The van der Waals surface area contributed by atoms with Gasteiger partial charge in [-0.05, 0) is 62.8 Å². The van der Waals surface area contributed by atoms with Gasteiger partial charge in [0, 0.05) is 35.3 Å². The van der Waals surface area contributed by atoms with Crippen LogP contribution in [0.15, 0.2) is 45.5 Å². The number of carbonyl (C=O) groups is 1. The van der Waals surface area contributed by atoms with E-state index < -0.39 is 5.97 Å². The Hall–Kier alpha value is -3.47. The van der Waals surface area contributed by atoms with Crippen LogP contribution in [0.4, 0.5) is 6.01 Å². The Kier molecular flexibility index (Phi) is 6.48. The Balaban J connectivity index is 1.06. The Morgan fingerprint density at radius 3 is 2.45 bits per heavy atom. The Bertz CT molecular complexity index is 1530. The second-order valence-electron chi connectivity index (χ2n) is 10.6. The first kappa shape index (κ1) is 25.5. The standard InChI is InChI=1S/C28H25Cl2N5O5/c29-20-2-1-3-21(30)23(20)24-19(25(40-34-24)14-4-5-14)13-38-18-10-16-7-8-17(11-18)35(16)28-33-32-26(39-28)22-9-6-15(12-31-22)27(36)37/h1-3,6,9,12,14,16-18H,4-5,7-8,10-11,13H2,(H,36,37)/t16-,17+,18+. The van der Waals surface area contributed by atoms with Gasteiger partial charge in [0.1, 0.15) is 17.1 Å². The molecule has 1 aromatic carbocycles. The molecule has 3 aromatic heterocycles. The molecule has 4 aromatic rings. The number of piperidine rings is 1. The summed E-state index contributed by atoms with van der Waals surface area (Å²) < 4.78 is 18.3. The van der Waals surface area contributed by atoms with Crippen molar-refractivity contribution in [3.63, 3.8) is 0 Å². The highest BCUT2D eigenvalue weighted by atomic mass is 35.5. The highest BCUT2D eigenvalue weighted by Crippen LogP contribution is 2.47. The highest BCUT2D eigenvalue weighted by molar-refractivity contribution is 6.39. The maximum atomic E-state index is 11.1. The van der Waals surface area contributed by atoms with Gasteiger partial charge in [-0.15, -0.1) is 5.10 Å². The van der Waals surface area contributed by atoms with Crippen molar-refractivity contribution in [1.82, 2.24) is 20.3 Å². The van der Waals surface area contributed by atoms with Gasteiger partial charge in [-0.25, -0.2) is 4.79 Å². The van der Waals surface area contributed by atoms with Gasteiger partial charge in [0.25, 0.3) is 5.89 Å². The number of halogens is 2. The topological polar surface area (TPSA) is 128 Å². The van der Waals surface area contributed by atoms with Crippen molar-refractivity contribution in [2.45, 2.75) is 69.2 Å². The maximum absolute atomic E-state index is 11.1. The average molecular weight is 582 g/mol. The summed E-state index contributed by atoms with van der Waals surface area (Å²) >= 11 is 13.0. The van der Waals surface area contributed by atoms with Crippen LogP contribution in [0, 0.1) is 0 Å². The molecule has 0 radical (unpaired) electrons. The predicted molar refractivity (Wildman–Crippen MR) is 146 cm³/mol. The van der Waals surface area contributed by atoms with Crippen molar-refractivity contribution < 1.29 is 23.6 Å². The third kappa shape index (κ3) is 4.63. The van der Waals surface area contributed by atoms with Gasteiger partial charge in [-0.2, -0.15) is 0 Å². The van der Waals surface area contributed by atoms with Crippen LogP contribution in [0.2, 0.25) is 10.0 Å². The lowest BCUT2D eigenvalue weighted by atomic mass is 10.00. The highest BCUT2D eigenvalue weighted by Gasteiger charge is 2.44. The number of ether oxygens (including phenoxy) is 1. The molecule has 206 valence electrons. The number of benzene rings is 1. The summed E-state index contributed by atoms with van der Waals surface area (Å²) in [6.45, 7) is 0.374.